The van der Waals surface area contributed by atoms with Crippen LogP contribution in [0.3, 0.4) is 0 Å². The Kier molecular flexibility index (Phi) is 4.50. The molecule has 2 saturated carbocycles. The number of halogens is 1. The van der Waals surface area contributed by atoms with Gasteiger partial charge >= 0.3 is 0 Å². The molecule has 0 aliphatic heterocycles. The van der Waals surface area contributed by atoms with E-state index in [2.05, 4.69) is 20.1 Å². The van der Waals surface area contributed by atoms with Gasteiger partial charge in [-0.05, 0) is 56.7 Å². The number of carbonyl (C=O) groups excluding carboxylic acids is 1. The number of nitrogens with one attached hydrogen (secondary N) is 1. The first-order chi connectivity index (χ1) is 12.0. The van der Waals surface area contributed by atoms with Crippen molar-refractivity contribution in [2.24, 2.45) is 0 Å². The fourth-order valence-electron chi connectivity index (χ4n) is 3.06. The number of thioether (sulfide) groups is 1. The molecule has 0 saturated heterocycles. The largest absolute Gasteiger partial charge is 0.324 e. The summed E-state index contributed by atoms with van der Waals surface area (Å²) in [5.41, 5.74) is 2.75. The smallest absolute Gasteiger partial charge is 0.234 e. The van der Waals surface area contributed by atoms with Crippen molar-refractivity contribution in [1.29, 1.82) is 0 Å². The van der Waals surface area contributed by atoms with Crippen molar-refractivity contribution in [3.63, 3.8) is 0 Å². The summed E-state index contributed by atoms with van der Waals surface area (Å²) >= 11 is 7.73. The number of hydrogen-bond donors (Lipinski definition) is 1. The molecule has 5 nitrogen and oxygen atoms in total. The highest BCUT2D eigenvalue weighted by Crippen LogP contribution is 2.46. The number of aryl methyl sites for hydroxylation is 2. The lowest BCUT2D eigenvalue weighted by Crippen LogP contribution is -2.16. The lowest BCUT2D eigenvalue weighted by atomic mass is 10.1. The summed E-state index contributed by atoms with van der Waals surface area (Å²) in [6.07, 6.45) is 4.80. The summed E-state index contributed by atoms with van der Waals surface area (Å²) in [5.74, 6) is 1.92. The van der Waals surface area contributed by atoms with Crippen LogP contribution in [0.25, 0.3) is 0 Å². The molecule has 4 rings (SSSR count). The van der Waals surface area contributed by atoms with Gasteiger partial charge in [-0.15, -0.1) is 10.2 Å². The molecule has 2 aliphatic carbocycles. The van der Waals surface area contributed by atoms with Gasteiger partial charge < -0.3 is 9.88 Å². The van der Waals surface area contributed by atoms with E-state index in [1.165, 1.54) is 37.4 Å². The van der Waals surface area contributed by atoms with Crippen LogP contribution < -0.4 is 5.32 Å². The van der Waals surface area contributed by atoms with Crippen molar-refractivity contribution in [2.45, 2.75) is 56.6 Å². The fraction of sp³-hybridized carbons (Fsp3) is 0.500. The first kappa shape index (κ1) is 16.9. The van der Waals surface area contributed by atoms with Gasteiger partial charge in [-0.25, -0.2) is 0 Å². The number of carbonyl (C=O) groups is 1. The van der Waals surface area contributed by atoms with E-state index in [1.807, 2.05) is 26.0 Å². The van der Waals surface area contributed by atoms with Gasteiger partial charge in [-0.3, -0.25) is 4.79 Å². The molecular weight excluding hydrogens is 356 g/mol. The molecule has 1 amide bonds. The van der Waals surface area contributed by atoms with E-state index in [4.69, 9.17) is 11.6 Å². The molecule has 2 aromatic rings. The summed E-state index contributed by atoms with van der Waals surface area (Å²) in [7, 11) is 0. The third-order valence-electron chi connectivity index (χ3n) is 4.57. The van der Waals surface area contributed by atoms with Gasteiger partial charge in [0.25, 0.3) is 0 Å². The molecule has 7 heteroatoms. The van der Waals surface area contributed by atoms with E-state index in [1.54, 1.807) is 0 Å². The Hall–Kier alpha value is -1.53. The Morgan fingerprint density at radius 3 is 2.68 bits per heavy atom. The van der Waals surface area contributed by atoms with Gasteiger partial charge in [0.15, 0.2) is 5.16 Å². The van der Waals surface area contributed by atoms with Gasteiger partial charge in [0, 0.05) is 12.0 Å². The fourth-order valence-corrected chi connectivity index (χ4v) is 4.24. The van der Waals surface area contributed by atoms with E-state index >= 15 is 0 Å². The number of nitrogens with zero attached hydrogens (tertiary/aromatic N) is 3. The van der Waals surface area contributed by atoms with Gasteiger partial charge in [0.2, 0.25) is 5.91 Å². The zero-order valence-corrected chi connectivity index (χ0v) is 16.0. The minimum Gasteiger partial charge on any atom is -0.324 e. The van der Waals surface area contributed by atoms with Gasteiger partial charge in [0.05, 0.1) is 16.5 Å². The summed E-state index contributed by atoms with van der Waals surface area (Å²) < 4.78 is 2.26. The SMILES string of the molecule is Cc1cc(C)c(NC(=O)CSc2nnc(C3CC3)n2C2CC2)c(Cl)c1. The molecule has 1 aromatic heterocycles. The average molecular weight is 377 g/mol. The molecular formula is C18H21ClN4OS. The van der Waals surface area contributed by atoms with E-state index in [-0.39, 0.29) is 5.91 Å². The van der Waals surface area contributed by atoms with Crippen LogP contribution in [0, 0.1) is 13.8 Å². The maximum atomic E-state index is 12.4. The highest BCUT2D eigenvalue weighted by Gasteiger charge is 2.36. The summed E-state index contributed by atoms with van der Waals surface area (Å²) in [4.78, 5) is 12.4. The minimum atomic E-state index is -0.0721. The van der Waals surface area contributed by atoms with Crippen molar-refractivity contribution in [2.75, 3.05) is 11.1 Å². The van der Waals surface area contributed by atoms with Gasteiger partial charge in [-0.1, -0.05) is 29.4 Å². The quantitative estimate of drug-likeness (QED) is 0.754. The molecule has 0 unspecified atom stereocenters. The lowest BCUT2D eigenvalue weighted by Gasteiger charge is -2.12. The highest BCUT2D eigenvalue weighted by atomic mass is 35.5. The molecule has 0 radical (unpaired) electrons. The Bertz CT molecular complexity index is 803. The molecule has 1 aromatic carbocycles. The monoisotopic (exact) mass is 376 g/mol. The molecule has 132 valence electrons. The zero-order chi connectivity index (χ0) is 17.6. The molecule has 0 bridgehead atoms. The average Bonchev–Trinajstić information content (AvgIpc) is 3.47. The van der Waals surface area contributed by atoms with Gasteiger partial charge in [-0.2, -0.15) is 0 Å². The lowest BCUT2D eigenvalue weighted by molar-refractivity contribution is -0.113. The first-order valence-corrected chi connectivity index (χ1v) is 10.0. The minimum absolute atomic E-state index is 0.0721. The summed E-state index contributed by atoms with van der Waals surface area (Å²) in [6.45, 7) is 3.94. The third-order valence-corrected chi connectivity index (χ3v) is 5.82. The molecule has 25 heavy (non-hydrogen) atoms. The van der Waals surface area contributed by atoms with Crippen LogP contribution in [0.4, 0.5) is 5.69 Å². The molecule has 2 fully saturated rings. The van der Waals surface area contributed by atoms with Crippen LogP contribution in [0.15, 0.2) is 17.3 Å². The molecule has 0 atom stereocenters. The predicted molar refractivity (Wildman–Crippen MR) is 101 cm³/mol. The van der Waals surface area contributed by atoms with Crippen molar-refractivity contribution < 1.29 is 4.79 Å². The number of benzene rings is 1. The van der Waals surface area contributed by atoms with Crippen LogP contribution in [-0.4, -0.2) is 26.4 Å². The Balaban J connectivity index is 1.43. The number of amides is 1. The standard InChI is InChI=1S/C18H21ClN4OS/c1-10-7-11(2)16(14(19)8-10)20-15(24)9-25-18-22-21-17(12-3-4-12)23(18)13-5-6-13/h7-8,12-13H,3-6,9H2,1-2H3,(H,20,24). The van der Waals surface area contributed by atoms with E-state index in [0.29, 0.717) is 28.4 Å². The number of aromatic nitrogens is 3. The normalized spacial score (nSPS) is 16.9. The maximum absolute atomic E-state index is 12.4. The number of hydrogen-bond acceptors (Lipinski definition) is 4. The first-order valence-electron chi connectivity index (χ1n) is 8.67. The molecule has 2 aliphatic rings. The molecule has 1 N–H and O–H groups in total. The molecule has 0 spiro atoms. The van der Waals surface area contributed by atoms with Crippen LogP contribution in [0.5, 0.6) is 0 Å². The number of anilines is 1. The van der Waals surface area contributed by atoms with E-state index in [9.17, 15) is 4.79 Å². The van der Waals surface area contributed by atoms with Gasteiger partial charge in [0.1, 0.15) is 5.82 Å². The topological polar surface area (TPSA) is 59.8 Å². The van der Waals surface area contributed by atoms with Crippen molar-refractivity contribution in [1.82, 2.24) is 14.8 Å². The zero-order valence-electron chi connectivity index (χ0n) is 14.4. The van der Waals surface area contributed by atoms with Crippen LogP contribution in [0.2, 0.25) is 5.02 Å². The Labute approximate surface area is 156 Å². The Morgan fingerprint density at radius 2 is 2.04 bits per heavy atom. The predicted octanol–water partition coefficient (Wildman–Crippen LogP) is 4.49. The number of rotatable bonds is 6. The second kappa shape index (κ2) is 6.65. The van der Waals surface area contributed by atoms with Crippen molar-refractivity contribution >= 4 is 35.0 Å². The van der Waals surface area contributed by atoms with Crippen molar-refractivity contribution in [3.8, 4) is 0 Å². The summed E-state index contributed by atoms with van der Waals surface area (Å²) in [6, 6.07) is 4.41. The van der Waals surface area contributed by atoms with Crippen LogP contribution in [-0.2, 0) is 4.79 Å². The third kappa shape index (κ3) is 3.70. The second-order valence-electron chi connectivity index (χ2n) is 6.99. The van der Waals surface area contributed by atoms with E-state index in [0.717, 1.165) is 22.1 Å². The maximum Gasteiger partial charge on any atom is 0.234 e. The summed E-state index contributed by atoms with van der Waals surface area (Å²) in [5, 5.41) is 13.1. The van der Waals surface area contributed by atoms with Crippen LogP contribution in [0.1, 0.15) is 54.6 Å². The van der Waals surface area contributed by atoms with Crippen LogP contribution >= 0.6 is 23.4 Å². The highest BCUT2D eigenvalue weighted by molar-refractivity contribution is 7.99. The molecule has 1 heterocycles. The van der Waals surface area contributed by atoms with E-state index < -0.39 is 0 Å². The Morgan fingerprint density at radius 1 is 1.28 bits per heavy atom. The van der Waals surface area contributed by atoms with Crippen molar-refractivity contribution in [3.05, 3.63) is 34.1 Å². The second-order valence-corrected chi connectivity index (χ2v) is 8.34.